The molecule has 0 atom stereocenters. The van der Waals surface area contributed by atoms with Gasteiger partial charge in [0.2, 0.25) is 5.91 Å². The van der Waals surface area contributed by atoms with E-state index < -0.39 is 5.41 Å². The molecule has 0 aliphatic carbocycles. The topological polar surface area (TPSA) is 42.0 Å². The first-order chi connectivity index (χ1) is 9.00. The molecule has 1 heterocycles. The van der Waals surface area contributed by atoms with E-state index in [0.717, 1.165) is 9.13 Å². The van der Waals surface area contributed by atoms with Crippen molar-refractivity contribution < 1.29 is 4.79 Å². The van der Waals surface area contributed by atoms with Crippen molar-refractivity contribution in [2.45, 2.75) is 19.3 Å². The van der Waals surface area contributed by atoms with Crippen LogP contribution in [0.2, 0.25) is 0 Å². The fraction of sp³-hybridized carbons (Fsp3) is 0.200. The van der Waals surface area contributed by atoms with Crippen LogP contribution in [0.25, 0.3) is 0 Å². The lowest BCUT2D eigenvalue weighted by molar-refractivity contribution is -0.120. The predicted octanol–water partition coefficient (Wildman–Crippen LogP) is 3.60. The number of nitrogens with one attached hydrogen (secondary N) is 1. The molecule has 0 radical (unpaired) electrons. The van der Waals surface area contributed by atoms with Gasteiger partial charge < -0.3 is 5.32 Å². The minimum absolute atomic E-state index is 0.0626. The molecule has 1 amide bonds. The predicted molar refractivity (Wildman–Crippen MR) is 85.1 cm³/mol. The van der Waals surface area contributed by atoms with Gasteiger partial charge in [-0.15, -0.1) is 0 Å². The molecule has 0 spiro atoms. The number of anilines is 1. The van der Waals surface area contributed by atoms with Gasteiger partial charge in [0.25, 0.3) is 0 Å². The monoisotopic (exact) mass is 366 g/mol. The number of pyridine rings is 1. The molecule has 1 aromatic carbocycles. The highest BCUT2D eigenvalue weighted by atomic mass is 127. The van der Waals surface area contributed by atoms with Crippen molar-refractivity contribution in [3.8, 4) is 0 Å². The summed E-state index contributed by atoms with van der Waals surface area (Å²) in [7, 11) is 0. The molecule has 0 unspecified atom stereocenters. The Morgan fingerprint density at radius 3 is 2.42 bits per heavy atom. The van der Waals surface area contributed by atoms with Crippen molar-refractivity contribution in [2.24, 2.45) is 0 Å². The maximum atomic E-state index is 12.4. The number of nitrogens with zero attached hydrogens (tertiary/aromatic N) is 1. The Morgan fingerprint density at radius 1 is 1.16 bits per heavy atom. The lowest BCUT2D eigenvalue weighted by Gasteiger charge is -2.23. The number of hydrogen-bond donors (Lipinski definition) is 1. The standard InChI is InChI=1S/C15H15IN2O/c1-15(2,11-6-4-3-5-7-11)14(19)18-13-9-8-12(16)10-17-13/h3-10H,1-2H3,(H,17,18,19). The molecule has 2 aromatic rings. The van der Waals surface area contributed by atoms with E-state index in [1.165, 1.54) is 0 Å². The number of rotatable bonds is 3. The number of aromatic nitrogens is 1. The zero-order chi connectivity index (χ0) is 13.9. The average Bonchev–Trinajstić information content (AvgIpc) is 2.42. The summed E-state index contributed by atoms with van der Waals surface area (Å²) in [6.07, 6.45) is 1.73. The van der Waals surface area contributed by atoms with E-state index in [2.05, 4.69) is 32.9 Å². The summed E-state index contributed by atoms with van der Waals surface area (Å²) in [4.78, 5) is 16.6. The molecule has 3 nitrogen and oxygen atoms in total. The highest BCUT2D eigenvalue weighted by Gasteiger charge is 2.29. The molecular formula is C15H15IN2O. The van der Waals surface area contributed by atoms with Gasteiger partial charge in [0.05, 0.1) is 5.41 Å². The van der Waals surface area contributed by atoms with Crippen LogP contribution in [0.15, 0.2) is 48.7 Å². The SMILES string of the molecule is CC(C)(C(=O)Nc1ccc(I)cn1)c1ccccc1. The largest absolute Gasteiger partial charge is 0.310 e. The minimum Gasteiger partial charge on any atom is -0.310 e. The van der Waals surface area contributed by atoms with Gasteiger partial charge >= 0.3 is 0 Å². The molecule has 2 rings (SSSR count). The lowest BCUT2D eigenvalue weighted by atomic mass is 9.84. The second kappa shape index (κ2) is 5.69. The van der Waals surface area contributed by atoms with Crippen molar-refractivity contribution in [3.63, 3.8) is 0 Å². The van der Waals surface area contributed by atoms with Crippen LogP contribution < -0.4 is 5.32 Å². The summed E-state index contributed by atoms with van der Waals surface area (Å²) in [5, 5.41) is 2.85. The molecule has 19 heavy (non-hydrogen) atoms. The van der Waals surface area contributed by atoms with Gasteiger partial charge in [-0.2, -0.15) is 0 Å². The fourth-order valence-corrected chi connectivity index (χ4v) is 2.03. The van der Waals surface area contributed by atoms with Crippen LogP contribution in [0.4, 0.5) is 5.82 Å². The summed E-state index contributed by atoms with van der Waals surface area (Å²) in [6, 6.07) is 13.5. The third kappa shape index (κ3) is 3.32. The highest BCUT2D eigenvalue weighted by Crippen LogP contribution is 2.24. The summed E-state index contributed by atoms with van der Waals surface area (Å²) in [6.45, 7) is 3.81. The Hall–Kier alpha value is -1.43. The first-order valence-electron chi connectivity index (χ1n) is 5.98. The third-order valence-electron chi connectivity index (χ3n) is 3.03. The fourth-order valence-electron chi connectivity index (χ4n) is 1.71. The normalized spacial score (nSPS) is 11.1. The molecule has 1 N–H and O–H groups in total. The second-order valence-corrected chi connectivity index (χ2v) is 6.05. The number of carbonyl (C=O) groups is 1. The Balaban J connectivity index is 2.17. The Labute approximate surface area is 126 Å². The maximum absolute atomic E-state index is 12.4. The van der Waals surface area contributed by atoms with Crippen molar-refractivity contribution in [1.82, 2.24) is 4.98 Å². The van der Waals surface area contributed by atoms with Crippen LogP contribution in [-0.4, -0.2) is 10.9 Å². The summed E-state index contributed by atoms with van der Waals surface area (Å²) >= 11 is 2.18. The molecule has 0 saturated heterocycles. The molecular weight excluding hydrogens is 351 g/mol. The van der Waals surface area contributed by atoms with E-state index >= 15 is 0 Å². The Kier molecular flexibility index (Phi) is 4.19. The summed E-state index contributed by atoms with van der Waals surface area (Å²) in [5.74, 6) is 0.516. The van der Waals surface area contributed by atoms with E-state index in [0.29, 0.717) is 5.82 Å². The first-order valence-corrected chi connectivity index (χ1v) is 7.06. The van der Waals surface area contributed by atoms with Gasteiger partial charge in [-0.1, -0.05) is 30.3 Å². The third-order valence-corrected chi connectivity index (χ3v) is 3.67. The molecule has 1 aromatic heterocycles. The number of halogens is 1. The quantitative estimate of drug-likeness (QED) is 0.844. The number of hydrogen-bond acceptors (Lipinski definition) is 2. The number of amides is 1. The molecule has 0 aliphatic heterocycles. The molecule has 0 aliphatic rings. The van der Waals surface area contributed by atoms with Gasteiger partial charge in [-0.25, -0.2) is 4.98 Å². The Morgan fingerprint density at radius 2 is 1.84 bits per heavy atom. The van der Waals surface area contributed by atoms with E-state index in [4.69, 9.17) is 0 Å². The molecule has 4 heteroatoms. The van der Waals surface area contributed by atoms with Crippen LogP contribution in [0, 0.1) is 3.57 Å². The van der Waals surface area contributed by atoms with E-state index in [1.807, 2.05) is 50.2 Å². The molecule has 0 fully saturated rings. The van der Waals surface area contributed by atoms with E-state index in [9.17, 15) is 4.79 Å². The lowest BCUT2D eigenvalue weighted by Crippen LogP contribution is -2.34. The van der Waals surface area contributed by atoms with Crippen LogP contribution >= 0.6 is 22.6 Å². The van der Waals surface area contributed by atoms with Crippen LogP contribution in [0.1, 0.15) is 19.4 Å². The van der Waals surface area contributed by atoms with Gasteiger partial charge in [-0.05, 0) is 54.1 Å². The zero-order valence-electron chi connectivity index (χ0n) is 10.9. The zero-order valence-corrected chi connectivity index (χ0v) is 13.0. The molecule has 0 bridgehead atoms. The summed E-state index contributed by atoms with van der Waals surface area (Å²) < 4.78 is 1.04. The second-order valence-electron chi connectivity index (χ2n) is 4.81. The minimum atomic E-state index is -0.591. The van der Waals surface area contributed by atoms with Gasteiger partial charge in [0.15, 0.2) is 0 Å². The average molecular weight is 366 g/mol. The van der Waals surface area contributed by atoms with E-state index in [-0.39, 0.29) is 5.91 Å². The first kappa shape index (κ1) is 14.0. The van der Waals surface area contributed by atoms with Crippen molar-refractivity contribution in [3.05, 3.63) is 57.8 Å². The molecule has 98 valence electrons. The van der Waals surface area contributed by atoms with Crippen molar-refractivity contribution in [2.75, 3.05) is 5.32 Å². The summed E-state index contributed by atoms with van der Waals surface area (Å²) in [5.41, 5.74) is 0.393. The smallest absolute Gasteiger partial charge is 0.235 e. The van der Waals surface area contributed by atoms with Crippen LogP contribution in [-0.2, 0) is 10.2 Å². The van der Waals surface area contributed by atoms with Crippen LogP contribution in [0.3, 0.4) is 0 Å². The van der Waals surface area contributed by atoms with E-state index in [1.54, 1.807) is 12.3 Å². The molecule has 0 saturated carbocycles. The van der Waals surface area contributed by atoms with Gasteiger partial charge in [-0.3, -0.25) is 4.79 Å². The number of benzene rings is 1. The number of carbonyl (C=O) groups excluding carboxylic acids is 1. The highest BCUT2D eigenvalue weighted by molar-refractivity contribution is 14.1. The maximum Gasteiger partial charge on any atom is 0.235 e. The van der Waals surface area contributed by atoms with Crippen LogP contribution in [0.5, 0.6) is 0 Å². The van der Waals surface area contributed by atoms with Gasteiger partial charge in [0, 0.05) is 9.77 Å². The Bertz CT molecular complexity index is 564. The van der Waals surface area contributed by atoms with Crippen molar-refractivity contribution >= 4 is 34.3 Å². The van der Waals surface area contributed by atoms with Gasteiger partial charge in [0.1, 0.15) is 5.82 Å². The van der Waals surface area contributed by atoms with Crippen molar-refractivity contribution in [1.29, 1.82) is 0 Å².